The summed E-state index contributed by atoms with van der Waals surface area (Å²) >= 11 is 1.64. The summed E-state index contributed by atoms with van der Waals surface area (Å²) in [7, 11) is 0. The molecule has 3 aromatic rings. The second kappa shape index (κ2) is 10.1. The first kappa shape index (κ1) is 23.6. The van der Waals surface area contributed by atoms with Gasteiger partial charge in [0.2, 0.25) is 0 Å². The molecule has 1 aliphatic heterocycles. The third-order valence-corrected chi connectivity index (χ3v) is 6.49. The number of rotatable bonds is 5. The molecule has 1 saturated heterocycles. The Labute approximate surface area is 204 Å². The molecule has 2 aromatic carbocycles. The number of ether oxygens (including phenoxy) is 1. The lowest BCUT2D eigenvalue weighted by atomic mass is 10.1. The zero-order valence-electron chi connectivity index (χ0n) is 19.7. The summed E-state index contributed by atoms with van der Waals surface area (Å²) in [5, 5.41) is 13.3. The molecule has 0 unspecified atom stereocenters. The Kier molecular flexibility index (Phi) is 7.03. The summed E-state index contributed by atoms with van der Waals surface area (Å²) in [6.07, 6.45) is 1.65. The predicted molar refractivity (Wildman–Crippen MR) is 136 cm³/mol. The summed E-state index contributed by atoms with van der Waals surface area (Å²) in [5.74, 6) is 0. The van der Waals surface area contributed by atoms with E-state index in [1.54, 1.807) is 16.2 Å². The summed E-state index contributed by atoms with van der Waals surface area (Å²) < 4.78 is 5.48. The van der Waals surface area contributed by atoms with Crippen LogP contribution >= 0.6 is 11.3 Å². The predicted octanol–water partition coefficient (Wildman–Crippen LogP) is 5.35. The monoisotopic (exact) mass is 475 g/mol. The number of aromatic nitrogens is 1. The number of piperazine rings is 1. The van der Waals surface area contributed by atoms with E-state index in [9.17, 15) is 4.79 Å². The zero-order valence-corrected chi connectivity index (χ0v) is 20.6. The van der Waals surface area contributed by atoms with Gasteiger partial charge >= 0.3 is 6.09 Å². The number of anilines is 2. The number of nitrogens with zero attached hydrogens (tertiary/aromatic N) is 4. The fraction of sp³-hybridized carbons (Fsp3) is 0.346. The largest absolute Gasteiger partial charge is 0.444 e. The van der Waals surface area contributed by atoms with Gasteiger partial charge in [0.1, 0.15) is 10.6 Å². The van der Waals surface area contributed by atoms with Crippen molar-refractivity contribution in [1.29, 1.82) is 5.26 Å². The van der Waals surface area contributed by atoms with Crippen LogP contribution in [0.1, 0.15) is 31.2 Å². The molecule has 2 heterocycles. The number of nitrogens with one attached hydrogen (secondary N) is 1. The van der Waals surface area contributed by atoms with Gasteiger partial charge in [0.05, 0.1) is 18.2 Å². The van der Waals surface area contributed by atoms with E-state index in [0.717, 1.165) is 39.9 Å². The fourth-order valence-electron chi connectivity index (χ4n) is 3.66. The molecule has 1 N–H and O–H groups in total. The van der Waals surface area contributed by atoms with Gasteiger partial charge in [0, 0.05) is 54.2 Å². The van der Waals surface area contributed by atoms with Gasteiger partial charge in [-0.15, -0.1) is 11.3 Å². The first-order valence-corrected chi connectivity index (χ1v) is 12.1. The van der Waals surface area contributed by atoms with Crippen molar-refractivity contribution >= 4 is 28.8 Å². The van der Waals surface area contributed by atoms with Gasteiger partial charge in [-0.1, -0.05) is 12.1 Å². The Hall–Kier alpha value is -3.57. The number of carbonyl (C=O) groups excluding carboxylic acids is 1. The SMILES string of the molecule is CC(C)(C)OC(=O)N1CCN(c2ccc(NCc3cnc(-c4ccc(C#N)cc4)s3)cc2)CC1. The highest BCUT2D eigenvalue weighted by Crippen LogP contribution is 2.26. The number of carbonyl (C=O) groups is 1. The number of amides is 1. The van der Waals surface area contributed by atoms with Gasteiger partial charge in [-0.3, -0.25) is 0 Å². The van der Waals surface area contributed by atoms with E-state index >= 15 is 0 Å². The van der Waals surface area contributed by atoms with Crippen molar-refractivity contribution in [3.05, 3.63) is 65.2 Å². The van der Waals surface area contributed by atoms with Crippen LogP contribution in [0.2, 0.25) is 0 Å². The maximum absolute atomic E-state index is 12.3. The van der Waals surface area contributed by atoms with E-state index in [1.807, 2.05) is 51.2 Å². The van der Waals surface area contributed by atoms with E-state index in [1.165, 1.54) is 0 Å². The van der Waals surface area contributed by atoms with Gasteiger partial charge in [-0.2, -0.15) is 5.26 Å². The van der Waals surface area contributed by atoms with E-state index in [-0.39, 0.29) is 6.09 Å². The maximum Gasteiger partial charge on any atom is 0.410 e. The van der Waals surface area contributed by atoms with Crippen LogP contribution < -0.4 is 10.2 Å². The Balaban J connectivity index is 1.27. The maximum atomic E-state index is 12.3. The fourth-order valence-corrected chi connectivity index (χ4v) is 4.52. The minimum absolute atomic E-state index is 0.239. The van der Waals surface area contributed by atoms with Gasteiger partial charge < -0.3 is 19.9 Å². The second-order valence-corrected chi connectivity index (χ2v) is 10.3. The minimum Gasteiger partial charge on any atom is -0.444 e. The Morgan fingerprint density at radius 3 is 2.38 bits per heavy atom. The van der Waals surface area contributed by atoms with Crippen molar-refractivity contribution in [3.63, 3.8) is 0 Å². The van der Waals surface area contributed by atoms with Crippen molar-refractivity contribution in [2.24, 2.45) is 0 Å². The van der Waals surface area contributed by atoms with Crippen molar-refractivity contribution in [2.45, 2.75) is 32.9 Å². The summed E-state index contributed by atoms with van der Waals surface area (Å²) in [6, 6.07) is 18.0. The molecule has 0 saturated carbocycles. The lowest BCUT2D eigenvalue weighted by Gasteiger charge is -2.36. The Morgan fingerprint density at radius 2 is 1.76 bits per heavy atom. The van der Waals surface area contributed by atoms with E-state index in [4.69, 9.17) is 10.00 Å². The van der Waals surface area contributed by atoms with E-state index in [2.05, 4.69) is 45.5 Å². The topological polar surface area (TPSA) is 81.5 Å². The first-order chi connectivity index (χ1) is 16.3. The zero-order chi connectivity index (χ0) is 24.1. The molecule has 1 amide bonds. The van der Waals surface area contributed by atoms with E-state index in [0.29, 0.717) is 25.2 Å². The molecule has 7 nitrogen and oxygen atoms in total. The molecule has 0 bridgehead atoms. The van der Waals surface area contributed by atoms with Crippen molar-refractivity contribution in [2.75, 3.05) is 36.4 Å². The normalized spacial score (nSPS) is 13.9. The molecule has 8 heteroatoms. The number of thiazole rings is 1. The van der Waals surface area contributed by atoms with Crippen molar-refractivity contribution < 1.29 is 9.53 Å². The number of hydrogen-bond acceptors (Lipinski definition) is 7. The van der Waals surface area contributed by atoms with Crippen molar-refractivity contribution in [3.8, 4) is 16.6 Å². The van der Waals surface area contributed by atoms with Crippen LogP contribution in [0.3, 0.4) is 0 Å². The molecule has 176 valence electrons. The highest BCUT2D eigenvalue weighted by Gasteiger charge is 2.25. The van der Waals surface area contributed by atoms with Gasteiger partial charge in [-0.25, -0.2) is 9.78 Å². The summed E-state index contributed by atoms with van der Waals surface area (Å²) in [4.78, 5) is 22.0. The minimum atomic E-state index is -0.471. The number of benzene rings is 2. The average molecular weight is 476 g/mol. The summed E-state index contributed by atoms with van der Waals surface area (Å²) in [6.45, 7) is 9.24. The highest BCUT2D eigenvalue weighted by molar-refractivity contribution is 7.15. The molecule has 0 radical (unpaired) electrons. The standard InChI is InChI=1S/C26H29N5O2S/c1-26(2,3)33-25(32)31-14-12-30(13-15-31)22-10-8-21(9-11-22)28-17-23-18-29-24(34-23)20-6-4-19(16-27)5-7-20/h4-11,18,28H,12-15,17H2,1-3H3. The van der Waals surface area contributed by atoms with Crippen LogP contribution in [0.15, 0.2) is 54.7 Å². The molecule has 34 heavy (non-hydrogen) atoms. The molecule has 0 spiro atoms. The van der Waals surface area contributed by atoms with Crippen LogP contribution in [0.5, 0.6) is 0 Å². The Bertz CT molecular complexity index is 1150. The number of nitriles is 1. The molecular weight excluding hydrogens is 446 g/mol. The number of hydrogen-bond donors (Lipinski definition) is 1. The second-order valence-electron chi connectivity index (χ2n) is 9.18. The third kappa shape index (κ3) is 6.06. The van der Waals surface area contributed by atoms with Crippen LogP contribution in [-0.4, -0.2) is 47.8 Å². The Morgan fingerprint density at radius 1 is 1.09 bits per heavy atom. The van der Waals surface area contributed by atoms with Crippen LogP contribution in [-0.2, 0) is 11.3 Å². The summed E-state index contributed by atoms with van der Waals surface area (Å²) in [5.41, 5.74) is 3.39. The average Bonchev–Trinajstić information content (AvgIpc) is 3.31. The lowest BCUT2D eigenvalue weighted by Crippen LogP contribution is -2.50. The molecular formula is C26H29N5O2S. The van der Waals surface area contributed by atoms with Crippen LogP contribution in [0.4, 0.5) is 16.2 Å². The molecule has 1 aliphatic rings. The highest BCUT2D eigenvalue weighted by atomic mass is 32.1. The molecule has 0 aliphatic carbocycles. The van der Waals surface area contributed by atoms with Gasteiger partial charge in [-0.05, 0) is 57.2 Å². The smallest absolute Gasteiger partial charge is 0.410 e. The molecule has 1 fully saturated rings. The molecule has 1 aromatic heterocycles. The first-order valence-electron chi connectivity index (χ1n) is 11.3. The van der Waals surface area contributed by atoms with Crippen LogP contribution in [0.25, 0.3) is 10.6 Å². The third-order valence-electron chi connectivity index (χ3n) is 5.45. The van der Waals surface area contributed by atoms with E-state index < -0.39 is 5.60 Å². The van der Waals surface area contributed by atoms with Crippen LogP contribution in [0, 0.1) is 11.3 Å². The quantitative estimate of drug-likeness (QED) is 0.536. The molecule has 4 rings (SSSR count). The van der Waals surface area contributed by atoms with Gasteiger partial charge in [0.25, 0.3) is 0 Å². The van der Waals surface area contributed by atoms with Crippen molar-refractivity contribution in [1.82, 2.24) is 9.88 Å². The lowest BCUT2D eigenvalue weighted by molar-refractivity contribution is 0.0240. The van der Waals surface area contributed by atoms with Gasteiger partial charge in [0.15, 0.2) is 0 Å². The molecule has 0 atom stereocenters.